The van der Waals surface area contributed by atoms with E-state index in [0.717, 1.165) is 11.3 Å². The van der Waals surface area contributed by atoms with Crippen molar-refractivity contribution in [2.45, 2.75) is 0 Å². The molecule has 158 valence electrons. The summed E-state index contributed by atoms with van der Waals surface area (Å²) >= 11 is 0. The van der Waals surface area contributed by atoms with Gasteiger partial charge in [0.15, 0.2) is 0 Å². The SMILES string of the molecule is Fc1cc(-c2ccccn2)c2[nH]c3c(-c4cccc(-c5ccccc5)n4)cc(F)cc3c2c1. The first-order valence-electron chi connectivity index (χ1n) is 10.6. The average Bonchev–Trinajstić information content (AvgIpc) is 3.22. The van der Waals surface area contributed by atoms with Crippen molar-refractivity contribution in [2.24, 2.45) is 0 Å². The van der Waals surface area contributed by atoms with E-state index < -0.39 is 11.6 Å². The van der Waals surface area contributed by atoms with Gasteiger partial charge in [-0.3, -0.25) is 4.98 Å². The molecule has 0 atom stereocenters. The smallest absolute Gasteiger partial charge is 0.124 e. The van der Waals surface area contributed by atoms with E-state index in [9.17, 15) is 8.78 Å². The molecule has 0 aliphatic heterocycles. The molecule has 3 heterocycles. The summed E-state index contributed by atoms with van der Waals surface area (Å²) in [6.07, 6.45) is 1.67. The number of nitrogens with zero attached hydrogens (tertiary/aromatic N) is 2. The van der Waals surface area contributed by atoms with Crippen LogP contribution in [0.4, 0.5) is 8.78 Å². The van der Waals surface area contributed by atoms with Gasteiger partial charge in [0.25, 0.3) is 0 Å². The number of halogens is 2. The fourth-order valence-corrected chi connectivity index (χ4v) is 4.31. The minimum absolute atomic E-state index is 0.404. The molecule has 0 spiro atoms. The zero-order valence-electron chi connectivity index (χ0n) is 17.4. The van der Waals surface area contributed by atoms with Gasteiger partial charge < -0.3 is 4.98 Å². The second-order valence-corrected chi connectivity index (χ2v) is 7.87. The molecule has 3 aromatic carbocycles. The lowest BCUT2D eigenvalue weighted by Gasteiger charge is -2.07. The molecule has 0 saturated heterocycles. The summed E-state index contributed by atoms with van der Waals surface area (Å²) in [5, 5.41) is 1.20. The van der Waals surface area contributed by atoms with Crippen LogP contribution in [0, 0.1) is 11.6 Å². The molecule has 0 unspecified atom stereocenters. The number of hydrogen-bond acceptors (Lipinski definition) is 2. The molecular formula is C28H17F2N3. The van der Waals surface area contributed by atoms with E-state index in [4.69, 9.17) is 4.98 Å². The van der Waals surface area contributed by atoms with Crippen molar-refractivity contribution in [1.82, 2.24) is 15.0 Å². The van der Waals surface area contributed by atoms with Gasteiger partial charge in [-0.2, -0.15) is 0 Å². The van der Waals surface area contributed by atoms with E-state index >= 15 is 0 Å². The van der Waals surface area contributed by atoms with Crippen molar-refractivity contribution in [3.63, 3.8) is 0 Å². The number of rotatable bonds is 3. The van der Waals surface area contributed by atoms with Crippen LogP contribution >= 0.6 is 0 Å². The molecule has 0 aliphatic rings. The average molecular weight is 433 g/mol. The minimum Gasteiger partial charge on any atom is -0.353 e. The number of benzene rings is 3. The first-order chi connectivity index (χ1) is 16.2. The van der Waals surface area contributed by atoms with Crippen LogP contribution in [0.1, 0.15) is 0 Å². The highest BCUT2D eigenvalue weighted by Gasteiger charge is 2.17. The lowest BCUT2D eigenvalue weighted by atomic mass is 10.0. The Hall–Kier alpha value is -4.38. The van der Waals surface area contributed by atoms with Gasteiger partial charge in [0.1, 0.15) is 11.6 Å². The number of fused-ring (bicyclic) bond motifs is 3. The molecule has 3 nitrogen and oxygen atoms in total. The Morgan fingerprint density at radius 2 is 1.18 bits per heavy atom. The van der Waals surface area contributed by atoms with Crippen LogP contribution < -0.4 is 0 Å². The van der Waals surface area contributed by atoms with Gasteiger partial charge in [-0.15, -0.1) is 0 Å². The van der Waals surface area contributed by atoms with Crippen molar-refractivity contribution in [3.8, 4) is 33.8 Å². The highest BCUT2D eigenvalue weighted by atomic mass is 19.1. The molecule has 6 rings (SSSR count). The fraction of sp³-hybridized carbons (Fsp3) is 0. The fourth-order valence-electron chi connectivity index (χ4n) is 4.31. The minimum atomic E-state index is -0.408. The lowest BCUT2D eigenvalue weighted by Crippen LogP contribution is -1.90. The van der Waals surface area contributed by atoms with Gasteiger partial charge in [0, 0.05) is 33.7 Å². The molecule has 5 heteroatoms. The Morgan fingerprint density at radius 3 is 1.85 bits per heavy atom. The van der Waals surface area contributed by atoms with E-state index in [1.54, 1.807) is 6.20 Å². The molecule has 0 bridgehead atoms. The standard InChI is InChI=1S/C28H17F2N3/c29-18-13-20-21-14-19(30)16-23(26-11-6-10-24(32-26)17-7-2-1-3-8-17)28(21)33-27(20)22(15-18)25-9-4-5-12-31-25/h1-16,33H. The van der Waals surface area contributed by atoms with Crippen LogP contribution in [0.2, 0.25) is 0 Å². The molecule has 0 saturated carbocycles. The quantitative estimate of drug-likeness (QED) is 0.316. The zero-order valence-corrected chi connectivity index (χ0v) is 17.4. The maximum Gasteiger partial charge on any atom is 0.124 e. The van der Waals surface area contributed by atoms with Gasteiger partial charge in [-0.1, -0.05) is 42.5 Å². The molecule has 6 aromatic rings. The Morgan fingerprint density at radius 1 is 0.576 bits per heavy atom. The normalized spacial score (nSPS) is 11.3. The van der Waals surface area contributed by atoms with Gasteiger partial charge in [-0.25, -0.2) is 13.8 Å². The zero-order chi connectivity index (χ0) is 22.4. The van der Waals surface area contributed by atoms with Crippen LogP contribution in [0.15, 0.2) is 97.2 Å². The van der Waals surface area contributed by atoms with Crippen molar-refractivity contribution in [1.29, 1.82) is 0 Å². The van der Waals surface area contributed by atoms with Crippen LogP contribution in [-0.2, 0) is 0 Å². The summed E-state index contributed by atoms with van der Waals surface area (Å²) in [4.78, 5) is 12.6. The first-order valence-corrected chi connectivity index (χ1v) is 10.6. The van der Waals surface area contributed by atoms with E-state index in [1.165, 1.54) is 24.3 Å². The number of aromatic nitrogens is 3. The second-order valence-electron chi connectivity index (χ2n) is 7.87. The summed E-state index contributed by atoms with van der Waals surface area (Å²) in [5.41, 5.74) is 5.69. The van der Waals surface area contributed by atoms with Crippen LogP contribution in [0.25, 0.3) is 55.6 Å². The summed E-state index contributed by atoms with van der Waals surface area (Å²) in [7, 11) is 0. The van der Waals surface area contributed by atoms with Crippen molar-refractivity contribution >= 4 is 21.8 Å². The van der Waals surface area contributed by atoms with E-state index in [0.29, 0.717) is 44.3 Å². The Balaban J connectivity index is 1.63. The largest absolute Gasteiger partial charge is 0.353 e. The van der Waals surface area contributed by atoms with E-state index in [2.05, 4.69) is 9.97 Å². The van der Waals surface area contributed by atoms with Gasteiger partial charge in [0.05, 0.1) is 28.1 Å². The molecule has 0 aliphatic carbocycles. The van der Waals surface area contributed by atoms with E-state index in [-0.39, 0.29) is 0 Å². The monoisotopic (exact) mass is 433 g/mol. The maximum absolute atomic E-state index is 14.8. The Bertz CT molecular complexity index is 1620. The third-order valence-electron chi connectivity index (χ3n) is 5.78. The van der Waals surface area contributed by atoms with Crippen LogP contribution in [0.3, 0.4) is 0 Å². The van der Waals surface area contributed by atoms with Gasteiger partial charge >= 0.3 is 0 Å². The van der Waals surface area contributed by atoms with Gasteiger partial charge in [0.2, 0.25) is 0 Å². The molecule has 3 aromatic heterocycles. The highest BCUT2D eigenvalue weighted by Crippen LogP contribution is 2.38. The van der Waals surface area contributed by atoms with Gasteiger partial charge in [-0.05, 0) is 48.5 Å². The molecule has 33 heavy (non-hydrogen) atoms. The molecule has 0 fully saturated rings. The number of nitrogens with one attached hydrogen (secondary N) is 1. The summed E-state index contributed by atoms with van der Waals surface area (Å²) in [6.45, 7) is 0. The van der Waals surface area contributed by atoms with Crippen LogP contribution in [0.5, 0.6) is 0 Å². The third kappa shape index (κ3) is 3.34. The number of pyridine rings is 2. The third-order valence-corrected chi connectivity index (χ3v) is 5.78. The molecular weight excluding hydrogens is 416 g/mol. The van der Waals surface area contributed by atoms with Crippen molar-refractivity contribution in [2.75, 3.05) is 0 Å². The van der Waals surface area contributed by atoms with E-state index in [1.807, 2.05) is 66.7 Å². The second kappa shape index (κ2) is 7.64. The van der Waals surface area contributed by atoms with Crippen molar-refractivity contribution in [3.05, 3.63) is 109 Å². The van der Waals surface area contributed by atoms with Crippen molar-refractivity contribution < 1.29 is 8.78 Å². The summed E-state index contributed by atoms with van der Waals surface area (Å²) < 4.78 is 29.4. The Kier molecular flexibility index (Phi) is 4.47. The number of H-pyrrole nitrogens is 1. The predicted molar refractivity (Wildman–Crippen MR) is 128 cm³/mol. The van der Waals surface area contributed by atoms with Crippen LogP contribution in [-0.4, -0.2) is 15.0 Å². The predicted octanol–water partition coefficient (Wildman–Crippen LogP) is 7.39. The molecule has 0 amide bonds. The highest BCUT2D eigenvalue weighted by molar-refractivity contribution is 6.15. The first kappa shape index (κ1) is 19.3. The topological polar surface area (TPSA) is 41.6 Å². The summed E-state index contributed by atoms with van der Waals surface area (Å²) in [6, 6.07) is 26.8. The Labute approximate surface area is 188 Å². The molecule has 0 radical (unpaired) electrons. The maximum atomic E-state index is 14.8. The number of aromatic amines is 1. The number of hydrogen-bond donors (Lipinski definition) is 1. The lowest BCUT2D eigenvalue weighted by molar-refractivity contribution is 0.629. The molecule has 1 N–H and O–H groups in total. The summed E-state index contributed by atoms with van der Waals surface area (Å²) in [5.74, 6) is -0.812.